The van der Waals surface area contributed by atoms with Gasteiger partial charge in [-0.05, 0) is 59.7 Å². The molecular weight excluding hydrogens is 438 g/mol. The monoisotopic (exact) mass is 461 g/mol. The molecule has 0 unspecified atom stereocenters. The molecule has 0 saturated heterocycles. The Labute approximate surface area is 203 Å². The number of carbonyl (C=O) groups is 3. The van der Waals surface area contributed by atoms with Crippen LogP contribution in [0.15, 0.2) is 115 Å². The number of benzene rings is 3. The van der Waals surface area contributed by atoms with Gasteiger partial charge in [-0.1, -0.05) is 60.7 Å². The fourth-order valence-corrected chi connectivity index (χ4v) is 4.67. The fourth-order valence-electron chi connectivity index (χ4n) is 4.67. The minimum atomic E-state index is -1.07. The van der Waals surface area contributed by atoms with Crippen molar-refractivity contribution in [2.45, 2.75) is 12.1 Å². The summed E-state index contributed by atoms with van der Waals surface area (Å²) in [6, 6.07) is 25.7. The molecule has 0 aromatic heterocycles. The lowest BCUT2D eigenvalue weighted by atomic mass is 9.80. The third-order valence-corrected chi connectivity index (χ3v) is 6.38. The third-order valence-electron chi connectivity index (χ3n) is 6.38. The lowest BCUT2D eigenvalue weighted by molar-refractivity contribution is -0.128. The molecule has 0 saturated carbocycles. The van der Waals surface area contributed by atoms with E-state index in [0.717, 1.165) is 11.1 Å². The number of ketones is 2. The van der Waals surface area contributed by atoms with Crippen molar-refractivity contribution in [3.63, 3.8) is 0 Å². The first-order chi connectivity index (χ1) is 17.0. The van der Waals surface area contributed by atoms with Crippen LogP contribution in [-0.4, -0.2) is 35.0 Å². The molecule has 0 bridgehead atoms. The van der Waals surface area contributed by atoms with E-state index >= 15 is 0 Å². The molecule has 3 aromatic rings. The van der Waals surface area contributed by atoms with Crippen molar-refractivity contribution in [3.05, 3.63) is 131 Å². The van der Waals surface area contributed by atoms with Crippen LogP contribution in [0, 0.1) is 0 Å². The maximum absolute atomic E-state index is 14.1. The number of hydrogen-bond acceptors (Lipinski definition) is 4. The molecule has 0 atom stereocenters. The summed E-state index contributed by atoms with van der Waals surface area (Å²) >= 11 is 0. The molecule has 5 nitrogen and oxygen atoms in total. The SMILES string of the molecule is COc1ccc(C(=O)C2=C(c3ccccc3)C3(C=CC(=O)C=C3)N(Cc3ccccc3)C2=O)cc1. The number of allylic oxidation sites excluding steroid dienone is 2. The molecule has 172 valence electrons. The Morgan fingerprint density at radius 2 is 1.43 bits per heavy atom. The van der Waals surface area contributed by atoms with Crippen LogP contribution in [0.1, 0.15) is 21.5 Å². The Morgan fingerprint density at radius 1 is 0.829 bits per heavy atom. The molecule has 35 heavy (non-hydrogen) atoms. The van der Waals surface area contributed by atoms with Gasteiger partial charge in [0.15, 0.2) is 11.6 Å². The van der Waals surface area contributed by atoms with E-state index < -0.39 is 5.54 Å². The highest BCUT2D eigenvalue weighted by Gasteiger charge is 2.51. The van der Waals surface area contributed by atoms with E-state index in [1.54, 1.807) is 48.4 Å². The summed E-state index contributed by atoms with van der Waals surface area (Å²) < 4.78 is 5.22. The highest BCUT2D eigenvalue weighted by atomic mass is 16.5. The minimum Gasteiger partial charge on any atom is -0.497 e. The molecule has 1 heterocycles. The molecule has 5 rings (SSSR count). The molecular formula is C30H23NO4. The number of nitrogens with zero attached hydrogens (tertiary/aromatic N) is 1. The van der Waals surface area contributed by atoms with Gasteiger partial charge in [0.25, 0.3) is 5.91 Å². The number of hydrogen-bond donors (Lipinski definition) is 0. The molecule has 1 spiro atoms. The summed E-state index contributed by atoms with van der Waals surface area (Å²) in [5, 5.41) is 0. The van der Waals surface area contributed by atoms with Gasteiger partial charge in [0.05, 0.1) is 12.7 Å². The standard InChI is InChI=1S/C30H23NO4/c1-35-25-14-12-23(13-15-25)28(33)26-27(22-10-6-3-7-11-22)30(18-16-24(32)17-19-30)31(29(26)34)20-21-8-4-2-5-9-21/h2-19H,20H2,1H3. The van der Waals surface area contributed by atoms with Crippen molar-refractivity contribution < 1.29 is 19.1 Å². The van der Waals surface area contributed by atoms with Gasteiger partial charge in [-0.3, -0.25) is 14.4 Å². The maximum atomic E-state index is 14.1. The largest absolute Gasteiger partial charge is 0.497 e. The summed E-state index contributed by atoms with van der Waals surface area (Å²) in [6.07, 6.45) is 6.39. The van der Waals surface area contributed by atoms with Crippen molar-refractivity contribution in [3.8, 4) is 5.75 Å². The zero-order chi connectivity index (χ0) is 24.4. The average molecular weight is 462 g/mol. The van der Waals surface area contributed by atoms with Gasteiger partial charge >= 0.3 is 0 Å². The van der Waals surface area contributed by atoms with Crippen LogP contribution in [0.4, 0.5) is 0 Å². The normalized spacial score (nSPS) is 16.3. The highest BCUT2D eigenvalue weighted by Crippen LogP contribution is 2.47. The van der Waals surface area contributed by atoms with Crippen molar-refractivity contribution in [1.82, 2.24) is 4.90 Å². The van der Waals surface area contributed by atoms with Gasteiger partial charge in [-0.15, -0.1) is 0 Å². The maximum Gasteiger partial charge on any atom is 0.259 e. The molecule has 1 aliphatic carbocycles. The highest BCUT2D eigenvalue weighted by molar-refractivity contribution is 6.33. The number of amides is 1. The molecule has 0 radical (unpaired) electrons. The number of Topliss-reactive ketones (excluding diaryl/α,β-unsaturated/α-hetero) is 1. The molecule has 0 fully saturated rings. The summed E-state index contributed by atoms with van der Waals surface area (Å²) in [5.74, 6) is -0.289. The number of ether oxygens (including phenoxy) is 1. The topological polar surface area (TPSA) is 63.7 Å². The van der Waals surface area contributed by atoms with E-state index in [2.05, 4.69) is 0 Å². The fraction of sp³-hybridized carbons (Fsp3) is 0.100. The predicted octanol–water partition coefficient (Wildman–Crippen LogP) is 4.81. The zero-order valence-corrected chi connectivity index (χ0v) is 19.2. The summed E-state index contributed by atoms with van der Waals surface area (Å²) in [7, 11) is 1.56. The zero-order valence-electron chi connectivity index (χ0n) is 19.2. The van der Waals surface area contributed by atoms with Gasteiger partial charge in [0.2, 0.25) is 0 Å². The van der Waals surface area contributed by atoms with Crippen molar-refractivity contribution in [1.29, 1.82) is 0 Å². The molecule has 5 heteroatoms. The molecule has 0 N–H and O–H groups in total. The van der Waals surface area contributed by atoms with E-state index in [1.165, 1.54) is 12.2 Å². The first kappa shape index (κ1) is 22.3. The first-order valence-corrected chi connectivity index (χ1v) is 11.3. The Morgan fingerprint density at radius 3 is 2.03 bits per heavy atom. The predicted molar refractivity (Wildman–Crippen MR) is 134 cm³/mol. The van der Waals surface area contributed by atoms with Gasteiger partial charge in [0.1, 0.15) is 11.3 Å². The smallest absolute Gasteiger partial charge is 0.259 e. The van der Waals surface area contributed by atoms with Crippen LogP contribution >= 0.6 is 0 Å². The second-order valence-corrected chi connectivity index (χ2v) is 8.44. The van der Waals surface area contributed by atoms with Crippen LogP contribution in [0.2, 0.25) is 0 Å². The van der Waals surface area contributed by atoms with Crippen LogP contribution < -0.4 is 4.74 Å². The molecule has 1 amide bonds. The van der Waals surface area contributed by atoms with Crippen LogP contribution in [0.25, 0.3) is 5.57 Å². The second-order valence-electron chi connectivity index (χ2n) is 8.44. The summed E-state index contributed by atoms with van der Waals surface area (Å²) in [5.41, 5.74) is 1.65. The minimum absolute atomic E-state index is 0.0981. The van der Waals surface area contributed by atoms with Crippen LogP contribution in [0.5, 0.6) is 5.75 Å². The van der Waals surface area contributed by atoms with Gasteiger partial charge < -0.3 is 9.64 Å². The van der Waals surface area contributed by atoms with Crippen LogP contribution in [0.3, 0.4) is 0 Å². The van der Waals surface area contributed by atoms with Gasteiger partial charge in [-0.2, -0.15) is 0 Å². The number of carbonyl (C=O) groups excluding carboxylic acids is 3. The number of rotatable bonds is 6. The molecule has 1 aliphatic heterocycles. The van der Waals surface area contributed by atoms with Crippen molar-refractivity contribution >= 4 is 23.0 Å². The second kappa shape index (κ2) is 9.03. The Kier molecular flexibility index (Phi) is 5.75. The van der Waals surface area contributed by atoms with E-state index in [9.17, 15) is 14.4 Å². The molecule has 2 aliphatic rings. The van der Waals surface area contributed by atoms with E-state index in [1.807, 2.05) is 60.7 Å². The summed E-state index contributed by atoms with van der Waals surface area (Å²) in [4.78, 5) is 41.7. The average Bonchev–Trinajstić information content (AvgIpc) is 3.14. The van der Waals surface area contributed by atoms with Gasteiger partial charge in [0, 0.05) is 17.7 Å². The third kappa shape index (κ3) is 3.91. The van der Waals surface area contributed by atoms with Crippen LogP contribution in [-0.2, 0) is 16.1 Å². The van der Waals surface area contributed by atoms with Crippen molar-refractivity contribution in [2.24, 2.45) is 0 Å². The van der Waals surface area contributed by atoms with Gasteiger partial charge in [-0.25, -0.2) is 0 Å². The van der Waals surface area contributed by atoms with E-state index in [4.69, 9.17) is 4.74 Å². The Bertz CT molecular complexity index is 1370. The lowest BCUT2D eigenvalue weighted by Gasteiger charge is -2.37. The Balaban J connectivity index is 1.72. The lowest BCUT2D eigenvalue weighted by Crippen LogP contribution is -2.45. The Hall–Kier alpha value is -4.51. The van der Waals surface area contributed by atoms with E-state index in [0.29, 0.717) is 16.9 Å². The van der Waals surface area contributed by atoms with E-state index in [-0.39, 0.29) is 29.6 Å². The summed E-state index contributed by atoms with van der Waals surface area (Å²) in [6.45, 7) is 0.276. The quantitative estimate of drug-likeness (QED) is 0.391. The number of methoxy groups -OCH3 is 1. The first-order valence-electron chi connectivity index (χ1n) is 11.3. The van der Waals surface area contributed by atoms with Crippen molar-refractivity contribution in [2.75, 3.05) is 7.11 Å². The molecule has 3 aromatic carbocycles.